The lowest BCUT2D eigenvalue weighted by molar-refractivity contribution is 0.0937. The zero-order chi connectivity index (χ0) is 23.6. The van der Waals surface area contributed by atoms with Crippen LogP contribution in [0.4, 0.5) is 4.79 Å². The first-order chi connectivity index (χ1) is 16.0. The van der Waals surface area contributed by atoms with Gasteiger partial charge in [0.25, 0.3) is 5.91 Å². The molecule has 0 bridgehead atoms. The molecule has 9 heteroatoms. The van der Waals surface area contributed by atoms with Gasteiger partial charge in [-0.25, -0.2) is 4.79 Å². The van der Waals surface area contributed by atoms with E-state index < -0.39 is 6.17 Å². The predicted molar refractivity (Wildman–Crippen MR) is 128 cm³/mol. The Balaban J connectivity index is 1.69. The van der Waals surface area contributed by atoms with Crippen LogP contribution in [0.2, 0.25) is 0 Å². The van der Waals surface area contributed by atoms with Gasteiger partial charge in [0.15, 0.2) is 0 Å². The van der Waals surface area contributed by atoms with Crippen molar-refractivity contribution in [2.45, 2.75) is 45.8 Å². The quantitative estimate of drug-likeness (QED) is 0.465. The SMILES string of the molecule is CCC/C=N/N=C/C1=CC=CC(NC(=O)c2cc3c(cc2OC)CCN(C(=O)OCC)C3)N1. The number of allylic oxidation sites excluding steroid dienone is 3. The van der Waals surface area contributed by atoms with Gasteiger partial charge < -0.3 is 25.0 Å². The van der Waals surface area contributed by atoms with Crippen molar-refractivity contribution in [2.75, 3.05) is 20.3 Å². The summed E-state index contributed by atoms with van der Waals surface area (Å²) >= 11 is 0. The molecule has 0 saturated carbocycles. The molecule has 1 aromatic rings. The Labute approximate surface area is 194 Å². The minimum Gasteiger partial charge on any atom is -0.496 e. The lowest BCUT2D eigenvalue weighted by Gasteiger charge is -2.29. The molecule has 1 atom stereocenters. The number of rotatable bonds is 8. The summed E-state index contributed by atoms with van der Waals surface area (Å²) in [5, 5.41) is 14.1. The summed E-state index contributed by atoms with van der Waals surface area (Å²) in [7, 11) is 1.54. The summed E-state index contributed by atoms with van der Waals surface area (Å²) in [5.74, 6) is 0.211. The molecular weight excluding hydrogens is 422 g/mol. The standard InChI is InChI=1S/C24H31N5O4/c1-4-6-11-25-26-15-19-8-7-9-22(27-19)28-23(30)20-13-18-16-29(24(31)33-5-2)12-10-17(18)14-21(20)32-3/h7-9,11,13-15,22,27H,4-6,10,12,16H2,1-3H3,(H,28,30)/b25-11+,26-15+. The Morgan fingerprint density at radius 1 is 1.27 bits per heavy atom. The fraction of sp³-hybridized carbons (Fsp3) is 0.417. The van der Waals surface area contributed by atoms with Gasteiger partial charge in [-0.3, -0.25) is 4.79 Å². The molecule has 1 aromatic carbocycles. The number of hydrogen-bond acceptors (Lipinski definition) is 7. The lowest BCUT2D eigenvalue weighted by Crippen LogP contribution is -2.45. The van der Waals surface area contributed by atoms with Gasteiger partial charge in [0.1, 0.15) is 11.9 Å². The number of carbonyl (C=O) groups excluding carboxylic acids is 2. The van der Waals surface area contributed by atoms with Gasteiger partial charge in [-0.15, -0.1) is 0 Å². The van der Waals surface area contributed by atoms with Crippen molar-refractivity contribution in [3.63, 3.8) is 0 Å². The molecule has 33 heavy (non-hydrogen) atoms. The Bertz CT molecular complexity index is 983. The number of nitrogens with zero attached hydrogens (tertiary/aromatic N) is 3. The molecule has 2 heterocycles. The highest BCUT2D eigenvalue weighted by atomic mass is 16.6. The van der Waals surface area contributed by atoms with E-state index in [0.717, 1.165) is 29.7 Å². The van der Waals surface area contributed by atoms with Crippen LogP contribution in [0.1, 0.15) is 48.2 Å². The zero-order valence-electron chi connectivity index (χ0n) is 19.3. The summed E-state index contributed by atoms with van der Waals surface area (Å²) < 4.78 is 10.6. The highest BCUT2D eigenvalue weighted by molar-refractivity contribution is 5.97. The molecule has 0 aromatic heterocycles. The first-order valence-corrected chi connectivity index (χ1v) is 11.2. The van der Waals surface area contributed by atoms with E-state index in [1.807, 2.05) is 24.3 Å². The number of carbonyl (C=O) groups is 2. The third-order valence-electron chi connectivity index (χ3n) is 5.26. The minimum atomic E-state index is -0.416. The first-order valence-electron chi connectivity index (χ1n) is 11.2. The molecule has 3 rings (SSSR count). The monoisotopic (exact) mass is 453 g/mol. The average Bonchev–Trinajstić information content (AvgIpc) is 2.83. The predicted octanol–water partition coefficient (Wildman–Crippen LogP) is 3.17. The molecule has 2 amide bonds. The van der Waals surface area contributed by atoms with E-state index in [1.54, 1.807) is 37.4 Å². The van der Waals surface area contributed by atoms with E-state index in [2.05, 4.69) is 27.8 Å². The Morgan fingerprint density at radius 3 is 2.88 bits per heavy atom. The molecule has 0 spiro atoms. The van der Waals surface area contributed by atoms with Gasteiger partial charge in [-0.05, 0) is 55.2 Å². The third-order valence-corrected chi connectivity index (χ3v) is 5.26. The van der Waals surface area contributed by atoms with Gasteiger partial charge in [0.2, 0.25) is 0 Å². The fourth-order valence-electron chi connectivity index (χ4n) is 3.56. The van der Waals surface area contributed by atoms with Crippen molar-refractivity contribution in [2.24, 2.45) is 10.2 Å². The van der Waals surface area contributed by atoms with Gasteiger partial charge >= 0.3 is 6.09 Å². The van der Waals surface area contributed by atoms with Gasteiger partial charge in [-0.1, -0.05) is 19.4 Å². The zero-order valence-corrected chi connectivity index (χ0v) is 19.3. The van der Waals surface area contributed by atoms with Crippen molar-refractivity contribution >= 4 is 24.4 Å². The second-order valence-electron chi connectivity index (χ2n) is 7.63. The number of benzene rings is 1. The molecule has 9 nitrogen and oxygen atoms in total. The summed E-state index contributed by atoms with van der Waals surface area (Å²) in [6, 6.07) is 3.67. The van der Waals surface area contributed by atoms with Crippen molar-refractivity contribution in [3.8, 4) is 5.75 Å². The van der Waals surface area contributed by atoms with E-state index >= 15 is 0 Å². The molecule has 0 aliphatic carbocycles. The lowest BCUT2D eigenvalue weighted by atomic mass is 9.96. The van der Waals surface area contributed by atoms with E-state index in [0.29, 0.717) is 37.4 Å². The molecule has 1 unspecified atom stereocenters. The minimum absolute atomic E-state index is 0.288. The first kappa shape index (κ1) is 24.0. The number of hydrogen-bond donors (Lipinski definition) is 2. The van der Waals surface area contributed by atoms with Crippen molar-refractivity contribution in [3.05, 3.63) is 52.7 Å². The van der Waals surface area contributed by atoms with Gasteiger partial charge in [0.05, 0.1) is 31.2 Å². The Hall–Kier alpha value is -3.62. The van der Waals surface area contributed by atoms with Crippen LogP contribution in [0.3, 0.4) is 0 Å². The molecule has 0 saturated heterocycles. The van der Waals surface area contributed by atoms with Gasteiger partial charge in [-0.2, -0.15) is 10.2 Å². The number of ether oxygens (including phenoxy) is 2. The topological polar surface area (TPSA) is 105 Å². The van der Waals surface area contributed by atoms with Crippen molar-refractivity contribution < 1.29 is 19.1 Å². The third kappa shape index (κ3) is 6.44. The molecule has 2 N–H and O–H groups in total. The summed E-state index contributed by atoms with van der Waals surface area (Å²) in [6.07, 6.45) is 10.7. The van der Waals surface area contributed by atoms with Crippen LogP contribution < -0.4 is 15.4 Å². The highest BCUT2D eigenvalue weighted by Crippen LogP contribution is 2.28. The van der Waals surface area contributed by atoms with Crippen LogP contribution in [0, 0.1) is 0 Å². The van der Waals surface area contributed by atoms with E-state index in [1.165, 1.54) is 0 Å². The second-order valence-corrected chi connectivity index (χ2v) is 7.63. The number of unbranched alkanes of at least 4 members (excludes halogenated alkanes) is 1. The van der Waals surface area contributed by atoms with Crippen LogP contribution >= 0.6 is 0 Å². The average molecular weight is 454 g/mol. The highest BCUT2D eigenvalue weighted by Gasteiger charge is 2.25. The van der Waals surface area contributed by atoms with Crippen molar-refractivity contribution in [1.29, 1.82) is 0 Å². The van der Waals surface area contributed by atoms with Crippen LogP contribution in [-0.4, -0.2) is 55.8 Å². The summed E-state index contributed by atoms with van der Waals surface area (Å²) in [5.41, 5.74) is 3.11. The number of dihydropyridines is 1. The Morgan fingerprint density at radius 2 is 2.12 bits per heavy atom. The van der Waals surface area contributed by atoms with Crippen molar-refractivity contribution in [1.82, 2.24) is 15.5 Å². The molecule has 0 fully saturated rings. The van der Waals surface area contributed by atoms with E-state index in [9.17, 15) is 9.59 Å². The fourth-order valence-corrected chi connectivity index (χ4v) is 3.56. The number of nitrogens with one attached hydrogen (secondary N) is 2. The summed E-state index contributed by atoms with van der Waals surface area (Å²) in [6.45, 7) is 5.14. The molecule has 176 valence electrons. The normalized spacial score (nSPS) is 17.5. The second kappa shape index (κ2) is 11.8. The smallest absolute Gasteiger partial charge is 0.410 e. The van der Waals surface area contributed by atoms with E-state index in [4.69, 9.17) is 9.47 Å². The van der Waals surface area contributed by atoms with Crippen LogP contribution in [0.15, 0.2) is 46.3 Å². The Kier molecular flexibility index (Phi) is 8.63. The molecule has 2 aliphatic rings. The van der Waals surface area contributed by atoms with Crippen LogP contribution in [0.5, 0.6) is 5.75 Å². The maximum absolute atomic E-state index is 13.1. The summed E-state index contributed by atoms with van der Waals surface area (Å²) in [4.78, 5) is 26.9. The molecule has 0 radical (unpaired) electrons. The number of methoxy groups -OCH3 is 1. The molecular formula is C24H31N5O4. The maximum Gasteiger partial charge on any atom is 0.410 e. The number of fused-ring (bicyclic) bond motifs is 1. The van der Waals surface area contributed by atoms with Crippen LogP contribution in [-0.2, 0) is 17.7 Å². The maximum atomic E-state index is 13.1. The number of amides is 2. The molecule has 2 aliphatic heterocycles. The van der Waals surface area contributed by atoms with Crippen LogP contribution in [0.25, 0.3) is 0 Å². The van der Waals surface area contributed by atoms with E-state index in [-0.39, 0.29) is 12.0 Å². The van der Waals surface area contributed by atoms with Gasteiger partial charge in [0, 0.05) is 19.3 Å². The largest absolute Gasteiger partial charge is 0.496 e.